The topological polar surface area (TPSA) is 51.8 Å². The van der Waals surface area contributed by atoms with E-state index in [9.17, 15) is 0 Å². The fraction of sp³-hybridized carbons (Fsp3) is 0.133. The lowest BCUT2D eigenvalue weighted by Crippen LogP contribution is -2.28. The molecule has 0 saturated heterocycles. The maximum Gasteiger partial charge on any atom is 0.167 e. The van der Waals surface area contributed by atoms with Crippen LogP contribution in [-0.2, 0) is 5.41 Å². The van der Waals surface area contributed by atoms with Crippen molar-refractivity contribution in [3.63, 3.8) is 0 Å². The summed E-state index contributed by atoms with van der Waals surface area (Å²) in [6, 6.07) is 49.2. The van der Waals surface area contributed by atoms with Crippen molar-refractivity contribution >= 4 is 21.9 Å². The Labute approximate surface area is 285 Å². The molecule has 0 radical (unpaired) electrons. The first kappa shape index (κ1) is 28.2. The molecule has 0 aliphatic heterocycles. The molecule has 8 aromatic rings. The molecule has 0 amide bonds. The number of para-hydroxylation sites is 2. The van der Waals surface area contributed by atoms with E-state index in [0.717, 1.165) is 44.2 Å². The molecule has 0 atom stereocenters. The van der Waals surface area contributed by atoms with Gasteiger partial charge in [0.1, 0.15) is 11.2 Å². The third kappa shape index (κ3) is 4.40. The number of hydrogen-bond acceptors (Lipinski definition) is 4. The quantitative estimate of drug-likeness (QED) is 0.194. The first-order valence-corrected chi connectivity index (χ1v) is 17.3. The van der Waals surface area contributed by atoms with Crippen LogP contribution in [0.3, 0.4) is 0 Å². The van der Waals surface area contributed by atoms with Gasteiger partial charge >= 0.3 is 0 Å². The molecule has 2 aliphatic rings. The monoisotopic (exact) mass is 631 g/mol. The maximum atomic E-state index is 6.93. The SMILES string of the molecule is c1ccc(-c2nc(-c3ccccc3)nc(-c3cccc4c3oc3c(-c5ccc6c(c5)C5(CCCCC5)c5ccccc5-6)cccc34)n2)cc1. The summed E-state index contributed by atoms with van der Waals surface area (Å²) in [6.45, 7) is 0. The Bertz CT molecular complexity index is 2470. The molecule has 2 heterocycles. The average Bonchev–Trinajstić information content (AvgIpc) is 3.69. The zero-order valence-corrected chi connectivity index (χ0v) is 27.1. The predicted molar refractivity (Wildman–Crippen MR) is 198 cm³/mol. The number of benzene rings is 6. The lowest BCUT2D eigenvalue weighted by atomic mass is 9.67. The van der Waals surface area contributed by atoms with Gasteiger partial charge in [-0.2, -0.15) is 0 Å². The second-order valence-electron chi connectivity index (χ2n) is 13.5. The predicted octanol–water partition coefficient (Wildman–Crippen LogP) is 11.7. The van der Waals surface area contributed by atoms with Crippen molar-refractivity contribution in [1.29, 1.82) is 0 Å². The minimum absolute atomic E-state index is 0.0980. The van der Waals surface area contributed by atoms with Gasteiger partial charge in [-0.3, -0.25) is 0 Å². The standard InChI is InChI=1S/C45H33N3O/c1-4-14-29(15-5-1)42-46-43(30-16-6-2-7-17-30)48-44(47-42)37-22-13-21-36-35-20-12-19-32(40(35)49-41(36)37)31-24-25-34-33-18-8-9-23-38(33)45(39(34)28-31)26-10-3-11-27-45/h1-2,4-9,12-25,28H,3,10-11,26-27H2. The number of furan rings is 1. The Morgan fingerprint density at radius 2 is 0.959 bits per heavy atom. The summed E-state index contributed by atoms with van der Waals surface area (Å²) in [7, 11) is 0. The fourth-order valence-electron chi connectivity index (χ4n) is 8.47. The first-order valence-electron chi connectivity index (χ1n) is 17.3. The summed E-state index contributed by atoms with van der Waals surface area (Å²) in [4.78, 5) is 15.0. The zero-order chi connectivity index (χ0) is 32.4. The van der Waals surface area contributed by atoms with Crippen LogP contribution in [0, 0.1) is 0 Å². The van der Waals surface area contributed by atoms with Crippen molar-refractivity contribution in [2.75, 3.05) is 0 Å². The molecule has 234 valence electrons. The number of aromatic nitrogens is 3. The zero-order valence-electron chi connectivity index (χ0n) is 27.1. The summed E-state index contributed by atoms with van der Waals surface area (Å²) < 4.78 is 6.93. The van der Waals surface area contributed by atoms with Gasteiger partial charge in [0.15, 0.2) is 17.5 Å². The van der Waals surface area contributed by atoms with Crippen LogP contribution in [0.4, 0.5) is 0 Å². The highest BCUT2D eigenvalue weighted by Crippen LogP contribution is 2.56. The van der Waals surface area contributed by atoms with E-state index in [1.54, 1.807) is 0 Å². The molecule has 4 heteroatoms. The van der Waals surface area contributed by atoms with E-state index in [0.29, 0.717) is 17.5 Å². The van der Waals surface area contributed by atoms with E-state index in [4.69, 9.17) is 19.4 Å². The van der Waals surface area contributed by atoms with E-state index in [2.05, 4.69) is 78.9 Å². The van der Waals surface area contributed by atoms with E-state index in [1.807, 2.05) is 60.7 Å². The number of hydrogen-bond donors (Lipinski definition) is 0. The van der Waals surface area contributed by atoms with Crippen LogP contribution in [0.25, 0.3) is 78.4 Å². The van der Waals surface area contributed by atoms with Crippen molar-refractivity contribution in [3.8, 4) is 56.4 Å². The molecule has 1 fully saturated rings. The third-order valence-corrected chi connectivity index (χ3v) is 10.8. The highest BCUT2D eigenvalue weighted by Gasteiger charge is 2.43. The largest absolute Gasteiger partial charge is 0.455 e. The maximum absolute atomic E-state index is 6.93. The second-order valence-corrected chi connectivity index (χ2v) is 13.5. The lowest BCUT2D eigenvalue weighted by Gasteiger charge is -2.36. The Hall–Kier alpha value is -5.87. The smallest absolute Gasteiger partial charge is 0.167 e. The van der Waals surface area contributed by atoms with Crippen molar-refractivity contribution < 1.29 is 4.42 Å². The molecule has 49 heavy (non-hydrogen) atoms. The molecule has 6 aromatic carbocycles. The summed E-state index contributed by atoms with van der Waals surface area (Å²) in [5, 5.41) is 2.14. The highest BCUT2D eigenvalue weighted by atomic mass is 16.3. The Morgan fingerprint density at radius 1 is 0.408 bits per heavy atom. The van der Waals surface area contributed by atoms with Crippen LogP contribution in [-0.4, -0.2) is 15.0 Å². The second kappa shape index (κ2) is 11.1. The molecule has 1 spiro atoms. The number of rotatable bonds is 4. The van der Waals surface area contributed by atoms with Gasteiger partial charge in [-0.15, -0.1) is 0 Å². The van der Waals surface area contributed by atoms with Crippen LogP contribution < -0.4 is 0 Å². The van der Waals surface area contributed by atoms with Gasteiger partial charge in [-0.25, -0.2) is 15.0 Å². The number of fused-ring (bicyclic) bond motifs is 8. The normalized spacial score (nSPS) is 14.7. The summed E-state index contributed by atoms with van der Waals surface area (Å²) in [5.41, 5.74) is 12.6. The summed E-state index contributed by atoms with van der Waals surface area (Å²) in [5.74, 6) is 1.86. The molecule has 1 saturated carbocycles. The van der Waals surface area contributed by atoms with Gasteiger partial charge in [0.2, 0.25) is 0 Å². The van der Waals surface area contributed by atoms with Crippen molar-refractivity contribution in [3.05, 3.63) is 151 Å². The molecule has 2 aromatic heterocycles. The summed E-state index contributed by atoms with van der Waals surface area (Å²) >= 11 is 0. The van der Waals surface area contributed by atoms with Crippen LogP contribution in [0.1, 0.15) is 43.2 Å². The van der Waals surface area contributed by atoms with E-state index >= 15 is 0 Å². The average molecular weight is 632 g/mol. The van der Waals surface area contributed by atoms with Gasteiger partial charge in [0.25, 0.3) is 0 Å². The number of nitrogens with zero attached hydrogens (tertiary/aromatic N) is 3. The van der Waals surface area contributed by atoms with E-state index < -0.39 is 0 Å². The Balaban J connectivity index is 1.15. The minimum atomic E-state index is 0.0980. The van der Waals surface area contributed by atoms with Crippen LogP contribution >= 0.6 is 0 Å². The Kier molecular flexibility index (Phi) is 6.38. The fourth-order valence-corrected chi connectivity index (χ4v) is 8.47. The van der Waals surface area contributed by atoms with E-state index in [-0.39, 0.29) is 5.41 Å². The van der Waals surface area contributed by atoms with Crippen molar-refractivity contribution in [2.45, 2.75) is 37.5 Å². The van der Waals surface area contributed by atoms with Gasteiger partial charge in [0.05, 0.1) is 5.56 Å². The van der Waals surface area contributed by atoms with Crippen LogP contribution in [0.5, 0.6) is 0 Å². The molecule has 0 bridgehead atoms. The Morgan fingerprint density at radius 3 is 1.65 bits per heavy atom. The molecule has 4 nitrogen and oxygen atoms in total. The van der Waals surface area contributed by atoms with Gasteiger partial charge in [-0.1, -0.05) is 147 Å². The third-order valence-electron chi connectivity index (χ3n) is 10.8. The van der Waals surface area contributed by atoms with Gasteiger partial charge in [-0.05, 0) is 52.8 Å². The molecular weight excluding hydrogens is 599 g/mol. The van der Waals surface area contributed by atoms with Crippen molar-refractivity contribution in [2.24, 2.45) is 0 Å². The highest BCUT2D eigenvalue weighted by molar-refractivity contribution is 6.12. The van der Waals surface area contributed by atoms with Gasteiger partial charge < -0.3 is 4.42 Å². The summed E-state index contributed by atoms with van der Waals surface area (Å²) in [6.07, 6.45) is 6.28. The van der Waals surface area contributed by atoms with Crippen LogP contribution in [0.2, 0.25) is 0 Å². The molecule has 2 aliphatic carbocycles. The molecular formula is C45H33N3O. The lowest BCUT2D eigenvalue weighted by molar-refractivity contribution is 0.353. The van der Waals surface area contributed by atoms with Gasteiger partial charge in [0, 0.05) is 32.9 Å². The first-order chi connectivity index (χ1) is 24.3. The molecule has 10 rings (SSSR count). The van der Waals surface area contributed by atoms with E-state index in [1.165, 1.54) is 59.9 Å². The molecule has 0 unspecified atom stereocenters. The van der Waals surface area contributed by atoms with Crippen molar-refractivity contribution in [1.82, 2.24) is 15.0 Å². The minimum Gasteiger partial charge on any atom is -0.455 e. The molecule has 0 N–H and O–H groups in total. The van der Waals surface area contributed by atoms with Crippen LogP contribution in [0.15, 0.2) is 144 Å².